The van der Waals surface area contributed by atoms with Crippen molar-refractivity contribution >= 4 is 0 Å². The van der Waals surface area contributed by atoms with E-state index in [-0.39, 0.29) is 25.2 Å². The van der Waals surface area contributed by atoms with Gasteiger partial charge in [0.2, 0.25) is 0 Å². The molecule has 7 heteroatoms. The molecule has 23 heavy (non-hydrogen) atoms. The molecule has 0 bridgehead atoms. The van der Waals surface area contributed by atoms with Crippen LogP contribution in [-0.4, -0.2) is 91.8 Å². The molecule has 0 aromatic heterocycles. The van der Waals surface area contributed by atoms with Gasteiger partial charge in [-0.05, 0) is 32.9 Å². The Bertz CT molecular complexity index is 462. The molecule has 3 saturated carbocycles. The van der Waals surface area contributed by atoms with E-state index in [1.807, 2.05) is 19.0 Å². The molecule has 0 aliphatic heterocycles. The average Bonchev–Trinajstić information content (AvgIpc) is 2.62. The van der Waals surface area contributed by atoms with Gasteiger partial charge in [0.05, 0.1) is 35.6 Å². The zero-order valence-corrected chi connectivity index (χ0v) is 13.7. The van der Waals surface area contributed by atoms with Crippen LogP contribution in [0.2, 0.25) is 0 Å². The Morgan fingerprint density at radius 2 is 1.52 bits per heavy atom. The van der Waals surface area contributed by atoms with Gasteiger partial charge >= 0.3 is 0 Å². The Morgan fingerprint density at radius 1 is 0.913 bits per heavy atom. The summed E-state index contributed by atoms with van der Waals surface area (Å²) >= 11 is 0. The molecule has 7 nitrogen and oxygen atoms in total. The highest BCUT2D eigenvalue weighted by Gasteiger charge is 2.69. The Labute approximate surface area is 136 Å². The van der Waals surface area contributed by atoms with Gasteiger partial charge in [-0.3, -0.25) is 0 Å². The lowest BCUT2D eigenvalue weighted by atomic mass is 9.61. The molecule has 0 saturated heterocycles. The molecule has 134 valence electrons. The summed E-state index contributed by atoms with van der Waals surface area (Å²) in [7, 11) is 3.71. The topological polar surface area (TPSA) is 125 Å². The first kappa shape index (κ1) is 17.5. The molecule has 0 aromatic rings. The number of fused-ring (bicyclic) bond motifs is 3. The van der Waals surface area contributed by atoms with E-state index in [2.05, 4.69) is 0 Å². The van der Waals surface area contributed by atoms with E-state index in [9.17, 15) is 30.6 Å². The van der Waals surface area contributed by atoms with Gasteiger partial charge in [-0.15, -0.1) is 0 Å². The quantitative estimate of drug-likeness (QED) is 0.342. The molecule has 3 fully saturated rings. The van der Waals surface area contributed by atoms with Gasteiger partial charge in [0, 0.05) is 31.2 Å². The summed E-state index contributed by atoms with van der Waals surface area (Å²) in [4.78, 5) is 1.89. The molecule has 0 aromatic carbocycles. The number of nitrogens with zero attached hydrogens (tertiary/aromatic N) is 1. The lowest BCUT2D eigenvalue weighted by Gasteiger charge is -2.52. The fourth-order valence-electron chi connectivity index (χ4n) is 5.48. The third-order valence-electron chi connectivity index (χ3n) is 6.39. The highest BCUT2D eigenvalue weighted by Crippen LogP contribution is 2.60. The number of aliphatic hydroxyl groups excluding tert-OH is 4. The molecular formula is C16H29NO6. The Balaban J connectivity index is 1.99. The summed E-state index contributed by atoms with van der Waals surface area (Å²) < 4.78 is 0. The maximum atomic E-state index is 11.3. The number of hydrogen-bond donors (Lipinski definition) is 6. The largest absolute Gasteiger partial charge is 0.390 e. The van der Waals surface area contributed by atoms with Crippen LogP contribution in [-0.2, 0) is 0 Å². The van der Waals surface area contributed by atoms with E-state index in [0.29, 0.717) is 13.0 Å². The van der Waals surface area contributed by atoms with Crippen LogP contribution in [0.5, 0.6) is 0 Å². The van der Waals surface area contributed by atoms with Crippen LogP contribution in [0.3, 0.4) is 0 Å². The van der Waals surface area contributed by atoms with Crippen LogP contribution in [0.15, 0.2) is 0 Å². The van der Waals surface area contributed by atoms with Gasteiger partial charge < -0.3 is 35.5 Å². The van der Waals surface area contributed by atoms with E-state index < -0.39 is 47.5 Å². The van der Waals surface area contributed by atoms with Crippen LogP contribution in [0, 0.1) is 17.8 Å². The third-order valence-corrected chi connectivity index (χ3v) is 6.39. The zero-order valence-electron chi connectivity index (χ0n) is 13.7. The molecule has 0 radical (unpaired) electrons. The average molecular weight is 331 g/mol. The van der Waals surface area contributed by atoms with Crippen molar-refractivity contribution < 1.29 is 30.6 Å². The molecule has 0 amide bonds. The van der Waals surface area contributed by atoms with Crippen LogP contribution >= 0.6 is 0 Å². The molecule has 3 rings (SSSR count). The van der Waals surface area contributed by atoms with Gasteiger partial charge in [-0.1, -0.05) is 0 Å². The second-order valence-corrected chi connectivity index (χ2v) is 8.21. The Hall–Kier alpha value is -0.280. The first-order valence-corrected chi connectivity index (χ1v) is 8.41. The maximum Gasteiger partial charge on any atom is 0.0994 e. The summed E-state index contributed by atoms with van der Waals surface area (Å²) in [5.41, 5.74) is -3.05. The van der Waals surface area contributed by atoms with E-state index in [4.69, 9.17) is 0 Å². The lowest BCUT2D eigenvalue weighted by molar-refractivity contribution is -0.234. The summed E-state index contributed by atoms with van der Waals surface area (Å²) in [5, 5.41) is 62.9. The monoisotopic (exact) mass is 331 g/mol. The predicted molar refractivity (Wildman–Crippen MR) is 81.4 cm³/mol. The fourth-order valence-corrected chi connectivity index (χ4v) is 5.48. The highest BCUT2D eigenvalue weighted by atomic mass is 16.4. The third kappa shape index (κ3) is 2.54. The summed E-state index contributed by atoms with van der Waals surface area (Å²) in [6.45, 7) is 0.469. The normalized spacial score (nSPS) is 56.5. The molecular weight excluding hydrogens is 302 g/mol. The van der Waals surface area contributed by atoms with Crippen LogP contribution < -0.4 is 0 Å². The van der Waals surface area contributed by atoms with Crippen molar-refractivity contribution in [2.24, 2.45) is 17.8 Å². The smallest absolute Gasteiger partial charge is 0.0994 e. The van der Waals surface area contributed by atoms with Crippen molar-refractivity contribution in [1.82, 2.24) is 4.90 Å². The minimum absolute atomic E-state index is 0.0848. The van der Waals surface area contributed by atoms with Crippen molar-refractivity contribution in [3.63, 3.8) is 0 Å². The summed E-state index contributed by atoms with van der Waals surface area (Å²) in [6, 6.07) is 0. The minimum atomic E-state index is -1.56. The fraction of sp³-hybridized carbons (Fsp3) is 1.00. The highest BCUT2D eigenvalue weighted by molar-refractivity contribution is 5.20. The van der Waals surface area contributed by atoms with Gasteiger partial charge in [0.15, 0.2) is 0 Å². The zero-order chi connectivity index (χ0) is 17.2. The molecule has 9 atom stereocenters. The molecule has 6 N–H and O–H groups in total. The van der Waals surface area contributed by atoms with Crippen molar-refractivity contribution in [3.8, 4) is 0 Å². The molecule has 0 heterocycles. The summed E-state index contributed by atoms with van der Waals surface area (Å²) in [6.07, 6.45) is -3.64. The lowest BCUT2D eigenvalue weighted by Crippen LogP contribution is -2.65. The van der Waals surface area contributed by atoms with Crippen molar-refractivity contribution in [2.45, 2.75) is 61.3 Å². The van der Waals surface area contributed by atoms with E-state index >= 15 is 0 Å². The Morgan fingerprint density at radius 3 is 2.13 bits per heavy atom. The van der Waals surface area contributed by atoms with Crippen molar-refractivity contribution in [2.75, 3.05) is 20.6 Å². The van der Waals surface area contributed by atoms with Gasteiger partial charge in [-0.2, -0.15) is 0 Å². The second-order valence-electron chi connectivity index (χ2n) is 8.21. The van der Waals surface area contributed by atoms with Crippen molar-refractivity contribution in [1.29, 1.82) is 0 Å². The van der Waals surface area contributed by atoms with Crippen molar-refractivity contribution in [3.05, 3.63) is 0 Å². The maximum absolute atomic E-state index is 11.3. The summed E-state index contributed by atoms with van der Waals surface area (Å²) in [5.74, 6) is -0.971. The van der Waals surface area contributed by atoms with Gasteiger partial charge in [0.1, 0.15) is 0 Å². The molecule has 9 unspecified atom stereocenters. The number of rotatable bonds is 2. The van der Waals surface area contributed by atoms with Crippen LogP contribution in [0.4, 0.5) is 0 Å². The standard InChI is InChI=1S/C16H29NO6/c1-17(2)7-9-13-8(3-10(18)14(9)21)4-15(22)5-11(19)12(20)6-16(13,15)23/h8-14,18-23H,3-7H2,1-2H3. The molecule has 3 aliphatic carbocycles. The molecule has 0 spiro atoms. The molecule has 3 aliphatic rings. The minimum Gasteiger partial charge on any atom is -0.390 e. The van der Waals surface area contributed by atoms with Gasteiger partial charge in [0.25, 0.3) is 0 Å². The SMILES string of the molecule is CN(C)CC1C(O)C(O)CC2CC3(O)CC(O)C(O)CC3(O)C21. The Kier molecular flexibility index (Phi) is 4.29. The number of hydrogen-bond acceptors (Lipinski definition) is 7. The van der Waals surface area contributed by atoms with Gasteiger partial charge in [-0.25, -0.2) is 0 Å². The van der Waals surface area contributed by atoms with E-state index in [0.717, 1.165) is 0 Å². The van der Waals surface area contributed by atoms with Crippen LogP contribution in [0.1, 0.15) is 25.7 Å². The first-order valence-electron chi connectivity index (χ1n) is 8.41. The van der Waals surface area contributed by atoms with E-state index in [1.54, 1.807) is 0 Å². The first-order chi connectivity index (χ1) is 10.6. The number of aliphatic hydroxyl groups is 6. The van der Waals surface area contributed by atoms with E-state index in [1.165, 1.54) is 0 Å². The second kappa shape index (κ2) is 5.62. The van der Waals surface area contributed by atoms with Crippen LogP contribution in [0.25, 0.3) is 0 Å². The predicted octanol–water partition coefficient (Wildman–Crippen LogP) is -2.10.